The van der Waals surface area contributed by atoms with Gasteiger partial charge in [0.15, 0.2) is 5.82 Å². The highest BCUT2D eigenvalue weighted by Gasteiger charge is 2.60. The molecule has 5 rings (SSSR count). The fourth-order valence-electron chi connectivity index (χ4n) is 5.22. The van der Waals surface area contributed by atoms with Gasteiger partial charge in [-0.1, -0.05) is 6.92 Å². The third kappa shape index (κ3) is 3.84. The molecule has 7 heteroatoms. The molecule has 2 saturated carbocycles. The van der Waals surface area contributed by atoms with Crippen molar-refractivity contribution >= 4 is 22.6 Å². The number of hydrogen-bond acceptors (Lipinski definition) is 5. The molecule has 2 aromatic heterocycles. The fraction of sp³-hybridized carbons (Fsp3) is 0.417. The van der Waals surface area contributed by atoms with E-state index in [-0.39, 0.29) is 23.7 Å². The Morgan fingerprint density at radius 1 is 1.19 bits per heavy atom. The second-order valence-corrected chi connectivity index (χ2v) is 8.63. The van der Waals surface area contributed by atoms with Gasteiger partial charge in [-0.2, -0.15) is 0 Å². The minimum Gasteiger partial charge on any atom is -0.490 e. The number of benzene rings is 1. The van der Waals surface area contributed by atoms with Crippen molar-refractivity contribution in [3.63, 3.8) is 0 Å². The fourth-order valence-corrected chi connectivity index (χ4v) is 5.22. The summed E-state index contributed by atoms with van der Waals surface area (Å²) >= 11 is 0. The molecule has 3 unspecified atom stereocenters. The van der Waals surface area contributed by atoms with Crippen LogP contribution in [0.1, 0.15) is 31.9 Å². The van der Waals surface area contributed by atoms with Crippen molar-refractivity contribution in [1.29, 1.82) is 0 Å². The van der Waals surface area contributed by atoms with Crippen molar-refractivity contribution in [3.05, 3.63) is 54.4 Å². The SMILES string of the molecule is CCC(C(=O)Nc1cnc(C)cn1)C1[C@H]2CC(Oc3ccnc4ccc(F)cc34)C[C@@H]12. The molecular weight excluding hydrogens is 395 g/mol. The summed E-state index contributed by atoms with van der Waals surface area (Å²) in [7, 11) is 0. The molecule has 0 aliphatic heterocycles. The van der Waals surface area contributed by atoms with E-state index >= 15 is 0 Å². The van der Waals surface area contributed by atoms with E-state index < -0.39 is 0 Å². The first-order chi connectivity index (χ1) is 15.0. The largest absolute Gasteiger partial charge is 0.490 e. The van der Waals surface area contributed by atoms with Crippen LogP contribution in [0.25, 0.3) is 10.9 Å². The molecular formula is C24H25FN4O2. The molecule has 1 N–H and O–H groups in total. The van der Waals surface area contributed by atoms with E-state index in [0.29, 0.717) is 34.7 Å². The summed E-state index contributed by atoms with van der Waals surface area (Å²) in [6.07, 6.45) is 7.66. The predicted molar refractivity (Wildman–Crippen MR) is 115 cm³/mol. The van der Waals surface area contributed by atoms with E-state index in [1.54, 1.807) is 30.7 Å². The zero-order valence-electron chi connectivity index (χ0n) is 17.6. The van der Waals surface area contributed by atoms with Crippen LogP contribution in [0.5, 0.6) is 5.75 Å². The third-order valence-electron chi connectivity index (χ3n) is 6.70. The van der Waals surface area contributed by atoms with Gasteiger partial charge < -0.3 is 10.1 Å². The third-order valence-corrected chi connectivity index (χ3v) is 6.70. The lowest BCUT2D eigenvalue weighted by molar-refractivity contribution is -0.121. The van der Waals surface area contributed by atoms with Crippen LogP contribution in [0.3, 0.4) is 0 Å². The van der Waals surface area contributed by atoms with Gasteiger partial charge in [0.25, 0.3) is 0 Å². The maximum absolute atomic E-state index is 13.7. The minimum atomic E-state index is -0.297. The molecule has 2 aliphatic carbocycles. The van der Waals surface area contributed by atoms with Gasteiger partial charge in [-0.25, -0.2) is 9.37 Å². The lowest BCUT2D eigenvalue weighted by atomic mass is 9.93. The summed E-state index contributed by atoms with van der Waals surface area (Å²) in [6, 6.07) is 6.35. The van der Waals surface area contributed by atoms with Gasteiger partial charge in [-0.3, -0.25) is 14.8 Å². The molecule has 3 aromatic rings. The summed E-state index contributed by atoms with van der Waals surface area (Å²) in [5, 5.41) is 3.62. The van der Waals surface area contributed by atoms with Crippen LogP contribution in [0.4, 0.5) is 10.2 Å². The van der Waals surface area contributed by atoms with E-state index in [4.69, 9.17) is 4.74 Å². The summed E-state index contributed by atoms with van der Waals surface area (Å²) < 4.78 is 19.9. The number of fused-ring (bicyclic) bond motifs is 2. The number of hydrogen-bond donors (Lipinski definition) is 1. The Morgan fingerprint density at radius 3 is 2.71 bits per heavy atom. The molecule has 2 heterocycles. The van der Waals surface area contributed by atoms with Gasteiger partial charge in [0, 0.05) is 17.5 Å². The van der Waals surface area contributed by atoms with E-state index in [9.17, 15) is 9.18 Å². The smallest absolute Gasteiger partial charge is 0.228 e. The summed E-state index contributed by atoms with van der Waals surface area (Å²) in [5.41, 5.74) is 1.54. The number of anilines is 1. The number of nitrogens with one attached hydrogen (secondary N) is 1. The maximum atomic E-state index is 13.7. The lowest BCUT2D eigenvalue weighted by Gasteiger charge is -2.21. The van der Waals surface area contributed by atoms with Gasteiger partial charge in [0.1, 0.15) is 11.6 Å². The van der Waals surface area contributed by atoms with Crippen LogP contribution in [-0.2, 0) is 4.79 Å². The number of nitrogens with zero attached hydrogens (tertiary/aromatic N) is 3. The first-order valence-corrected chi connectivity index (χ1v) is 10.8. The van der Waals surface area contributed by atoms with Gasteiger partial charge >= 0.3 is 0 Å². The normalized spacial score (nSPS) is 25.1. The maximum Gasteiger partial charge on any atom is 0.228 e. The number of halogens is 1. The molecule has 2 aliphatic rings. The topological polar surface area (TPSA) is 77.0 Å². The Kier molecular flexibility index (Phi) is 5.04. The molecule has 0 bridgehead atoms. The molecule has 31 heavy (non-hydrogen) atoms. The van der Waals surface area contributed by atoms with E-state index in [1.165, 1.54) is 12.1 Å². The Labute approximate surface area is 180 Å². The molecule has 0 spiro atoms. The van der Waals surface area contributed by atoms with Crippen molar-refractivity contribution in [2.75, 3.05) is 5.32 Å². The number of aromatic nitrogens is 3. The highest BCUT2D eigenvalue weighted by atomic mass is 19.1. The second kappa shape index (κ2) is 7.87. The van der Waals surface area contributed by atoms with Gasteiger partial charge in [-0.05, 0) is 68.2 Å². The highest BCUT2D eigenvalue weighted by molar-refractivity contribution is 5.92. The van der Waals surface area contributed by atoms with Gasteiger partial charge in [0.05, 0.1) is 29.7 Å². The number of amides is 1. The number of aryl methyl sites for hydroxylation is 1. The Morgan fingerprint density at radius 2 is 2.00 bits per heavy atom. The van der Waals surface area contributed by atoms with Crippen LogP contribution in [0, 0.1) is 36.4 Å². The van der Waals surface area contributed by atoms with Crippen LogP contribution >= 0.6 is 0 Å². The van der Waals surface area contributed by atoms with Crippen molar-refractivity contribution in [2.45, 2.75) is 39.2 Å². The molecule has 1 aromatic carbocycles. The Balaban J connectivity index is 1.22. The van der Waals surface area contributed by atoms with Gasteiger partial charge in [0.2, 0.25) is 5.91 Å². The quantitative estimate of drug-likeness (QED) is 0.634. The first-order valence-electron chi connectivity index (χ1n) is 10.8. The number of ether oxygens (including phenoxy) is 1. The van der Waals surface area contributed by atoms with E-state index in [0.717, 1.165) is 30.5 Å². The number of carbonyl (C=O) groups is 1. The van der Waals surface area contributed by atoms with Crippen molar-refractivity contribution in [3.8, 4) is 5.75 Å². The molecule has 6 nitrogen and oxygen atoms in total. The van der Waals surface area contributed by atoms with Crippen molar-refractivity contribution < 1.29 is 13.9 Å². The predicted octanol–water partition coefficient (Wildman–Crippen LogP) is 4.54. The Bertz CT molecular complexity index is 1110. The monoisotopic (exact) mass is 420 g/mol. The van der Waals surface area contributed by atoms with Crippen LogP contribution < -0.4 is 10.1 Å². The number of carbonyl (C=O) groups excluding carboxylic acids is 1. The first kappa shape index (κ1) is 19.8. The summed E-state index contributed by atoms with van der Waals surface area (Å²) in [6.45, 7) is 3.92. The lowest BCUT2D eigenvalue weighted by Crippen LogP contribution is -2.27. The number of rotatable bonds is 6. The zero-order valence-corrected chi connectivity index (χ0v) is 17.6. The van der Waals surface area contributed by atoms with Gasteiger partial charge in [-0.15, -0.1) is 0 Å². The van der Waals surface area contributed by atoms with E-state index in [1.807, 2.05) is 6.92 Å². The van der Waals surface area contributed by atoms with Crippen molar-refractivity contribution in [2.24, 2.45) is 23.7 Å². The minimum absolute atomic E-state index is 0.0214. The summed E-state index contributed by atoms with van der Waals surface area (Å²) in [4.78, 5) is 25.5. The van der Waals surface area contributed by atoms with Crippen molar-refractivity contribution in [1.82, 2.24) is 15.0 Å². The van der Waals surface area contributed by atoms with Crippen LogP contribution in [0.2, 0.25) is 0 Å². The standard InChI is InChI=1S/C24H25FN4O2/c1-3-16(24(30)29-22-12-27-13(2)11-28-22)23-17-9-15(10-18(17)23)31-21-6-7-26-20-5-4-14(25)8-19(20)21/h4-8,11-12,15-18,23H,3,9-10H2,1-2H3,(H,28,29,30)/t15?,16?,17-,18+,23?. The number of pyridine rings is 1. The molecule has 0 saturated heterocycles. The molecule has 0 radical (unpaired) electrons. The molecule has 2 fully saturated rings. The van der Waals surface area contributed by atoms with Crippen LogP contribution in [0.15, 0.2) is 42.9 Å². The second-order valence-electron chi connectivity index (χ2n) is 8.63. The average molecular weight is 420 g/mol. The van der Waals surface area contributed by atoms with E-state index in [2.05, 4.69) is 27.2 Å². The average Bonchev–Trinajstić information content (AvgIpc) is 3.23. The summed E-state index contributed by atoms with van der Waals surface area (Å²) in [5.74, 6) is 2.24. The van der Waals surface area contributed by atoms with Crippen LogP contribution in [-0.4, -0.2) is 27.0 Å². The molecule has 5 atom stereocenters. The zero-order chi connectivity index (χ0) is 21.5. The highest BCUT2D eigenvalue weighted by Crippen LogP contribution is 2.62. The molecule has 160 valence electrons. The molecule has 1 amide bonds. The Hall–Kier alpha value is -3.09.